The molecule has 4 nitrogen and oxygen atoms in total. The summed E-state index contributed by atoms with van der Waals surface area (Å²) in [7, 11) is 2.05. The number of nitrogens with zero attached hydrogens (tertiary/aromatic N) is 2. The fourth-order valence-electron chi connectivity index (χ4n) is 2.72. The lowest BCUT2D eigenvalue weighted by molar-refractivity contribution is 0.0546. The van der Waals surface area contributed by atoms with Gasteiger partial charge < -0.3 is 10.1 Å². The van der Waals surface area contributed by atoms with Crippen molar-refractivity contribution in [1.82, 2.24) is 14.7 Å². The highest BCUT2D eigenvalue weighted by atomic mass is 32.1. The Morgan fingerprint density at radius 2 is 2.39 bits per heavy atom. The zero-order valence-corrected chi connectivity index (χ0v) is 11.4. The molecule has 0 saturated carbocycles. The second-order valence-electron chi connectivity index (χ2n) is 4.87. The maximum Gasteiger partial charge on any atom is 0.193 e. The Balaban J connectivity index is 1.70. The maximum absolute atomic E-state index is 5.43. The van der Waals surface area contributed by atoms with E-state index in [9.17, 15) is 0 Å². The molecule has 1 N–H and O–H groups in total. The number of nitrogens with one attached hydrogen (secondary N) is 1. The van der Waals surface area contributed by atoms with Gasteiger partial charge >= 0.3 is 0 Å². The first-order valence-electron chi connectivity index (χ1n) is 6.53. The Hall–Kier alpha value is -0.910. The second-order valence-corrected chi connectivity index (χ2v) is 5.75. The van der Waals surface area contributed by atoms with Crippen LogP contribution in [0.4, 0.5) is 0 Å². The van der Waals surface area contributed by atoms with Gasteiger partial charge in [0.2, 0.25) is 0 Å². The standard InChI is InChI=1S/C13H19N3OS/c1-14-12(10-2-5-17-6-3-10)8-11-9-16-4-7-18-13(16)15-11/h4,7,9-10,12,14H,2-3,5-6,8H2,1H3. The van der Waals surface area contributed by atoms with Crippen molar-refractivity contribution in [2.24, 2.45) is 5.92 Å². The highest BCUT2D eigenvalue weighted by molar-refractivity contribution is 7.15. The van der Waals surface area contributed by atoms with Gasteiger partial charge in [0, 0.05) is 43.5 Å². The monoisotopic (exact) mass is 265 g/mol. The predicted octanol–water partition coefficient (Wildman–Crippen LogP) is 1.95. The molecule has 1 unspecified atom stereocenters. The fraction of sp³-hybridized carbons (Fsp3) is 0.615. The number of imidazole rings is 1. The number of hydrogen-bond donors (Lipinski definition) is 1. The number of ether oxygens (including phenoxy) is 1. The van der Waals surface area contributed by atoms with Gasteiger partial charge in [-0.25, -0.2) is 4.98 Å². The molecule has 1 fully saturated rings. The van der Waals surface area contributed by atoms with Gasteiger partial charge in [-0.15, -0.1) is 11.3 Å². The van der Waals surface area contributed by atoms with E-state index in [-0.39, 0.29) is 0 Å². The van der Waals surface area contributed by atoms with Crippen LogP contribution in [0.25, 0.3) is 4.96 Å². The van der Waals surface area contributed by atoms with Crippen molar-refractivity contribution in [3.05, 3.63) is 23.5 Å². The summed E-state index contributed by atoms with van der Waals surface area (Å²) in [6.07, 6.45) is 7.55. The predicted molar refractivity (Wildman–Crippen MR) is 73.2 cm³/mol. The van der Waals surface area contributed by atoms with Crippen molar-refractivity contribution in [2.45, 2.75) is 25.3 Å². The largest absolute Gasteiger partial charge is 0.381 e. The van der Waals surface area contributed by atoms with E-state index in [1.54, 1.807) is 11.3 Å². The van der Waals surface area contributed by atoms with Crippen LogP contribution in [0.5, 0.6) is 0 Å². The molecule has 3 rings (SSSR count). The third-order valence-electron chi connectivity index (χ3n) is 3.78. The Morgan fingerprint density at radius 1 is 1.56 bits per heavy atom. The van der Waals surface area contributed by atoms with Crippen LogP contribution in [0.3, 0.4) is 0 Å². The molecule has 0 amide bonds. The number of hydrogen-bond acceptors (Lipinski definition) is 4. The zero-order valence-electron chi connectivity index (χ0n) is 10.6. The van der Waals surface area contributed by atoms with Crippen molar-refractivity contribution in [2.75, 3.05) is 20.3 Å². The summed E-state index contributed by atoms with van der Waals surface area (Å²) >= 11 is 1.69. The molecule has 98 valence electrons. The smallest absolute Gasteiger partial charge is 0.193 e. The maximum atomic E-state index is 5.43. The van der Waals surface area contributed by atoms with E-state index in [0.717, 1.165) is 37.4 Å². The molecule has 5 heteroatoms. The molecule has 0 aromatic carbocycles. The molecule has 2 aromatic rings. The van der Waals surface area contributed by atoms with E-state index in [4.69, 9.17) is 4.74 Å². The van der Waals surface area contributed by atoms with Crippen LogP contribution >= 0.6 is 11.3 Å². The molecule has 18 heavy (non-hydrogen) atoms. The molecular formula is C13H19N3OS. The van der Waals surface area contributed by atoms with Crippen LogP contribution in [-0.4, -0.2) is 35.7 Å². The Bertz CT molecular complexity index is 473. The summed E-state index contributed by atoms with van der Waals surface area (Å²) in [5, 5.41) is 5.52. The van der Waals surface area contributed by atoms with Gasteiger partial charge in [0.05, 0.1) is 5.69 Å². The van der Waals surface area contributed by atoms with Crippen LogP contribution in [0.2, 0.25) is 0 Å². The molecule has 1 saturated heterocycles. The Kier molecular flexibility index (Phi) is 3.63. The van der Waals surface area contributed by atoms with Gasteiger partial charge in [0.25, 0.3) is 0 Å². The molecular weight excluding hydrogens is 246 g/mol. The van der Waals surface area contributed by atoms with Gasteiger partial charge in [-0.05, 0) is 25.8 Å². The molecule has 0 aliphatic carbocycles. The van der Waals surface area contributed by atoms with Crippen LogP contribution in [0.15, 0.2) is 17.8 Å². The minimum absolute atomic E-state index is 0.513. The summed E-state index contributed by atoms with van der Waals surface area (Å²) in [6.45, 7) is 1.81. The average Bonchev–Trinajstić information content (AvgIpc) is 2.97. The second kappa shape index (κ2) is 5.38. The highest BCUT2D eigenvalue weighted by Crippen LogP contribution is 2.22. The quantitative estimate of drug-likeness (QED) is 0.918. The van der Waals surface area contributed by atoms with Crippen LogP contribution in [0.1, 0.15) is 18.5 Å². The van der Waals surface area contributed by atoms with Crippen molar-refractivity contribution in [1.29, 1.82) is 0 Å². The van der Waals surface area contributed by atoms with Crippen molar-refractivity contribution >= 4 is 16.3 Å². The van der Waals surface area contributed by atoms with Crippen LogP contribution < -0.4 is 5.32 Å². The summed E-state index contributed by atoms with van der Waals surface area (Å²) < 4.78 is 7.54. The lowest BCUT2D eigenvalue weighted by Crippen LogP contribution is -2.38. The lowest BCUT2D eigenvalue weighted by atomic mass is 9.89. The first-order valence-corrected chi connectivity index (χ1v) is 7.41. The Morgan fingerprint density at radius 3 is 3.11 bits per heavy atom. The summed E-state index contributed by atoms with van der Waals surface area (Å²) in [6, 6.07) is 0.513. The number of thiazole rings is 1. The Labute approximate surface area is 111 Å². The fourth-order valence-corrected chi connectivity index (χ4v) is 3.44. The van der Waals surface area contributed by atoms with E-state index in [2.05, 4.69) is 39.5 Å². The summed E-state index contributed by atoms with van der Waals surface area (Å²) in [5.41, 5.74) is 1.19. The number of likely N-dealkylation sites (N-methyl/N-ethyl adjacent to an activating group) is 1. The molecule has 3 heterocycles. The first-order chi connectivity index (χ1) is 8.86. The minimum Gasteiger partial charge on any atom is -0.381 e. The number of rotatable bonds is 4. The minimum atomic E-state index is 0.513. The van der Waals surface area contributed by atoms with E-state index in [1.165, 1.54) is 5.69 Å². The third-order valence-corrected chi connectivity index (χ3v) is 4.55. The van der Waals surface area contributed by atoms with Crippen LogP contribution in [-0.2, 0) is 11.2 Å². The van der Waals surface area contributed by atoms with E-state index in [1.807, 2.05) is 0 Å². The van der Waals surface area contributed by atoms with Gasteiger partial charge in [-0.1, -0.05) is 0 Å². The van der Waals surface area contributed by atoms with E-state index in [0.29, 0.717) is 12.0 Å². The average molecular weight is 265 g/mol. The molecule has 1 aliphatic heterocycles. The molecule has 2 aromatic heterocycles. The molecule has 0 radical (unpaired) electrons. The van der Waals surface area contributed by atoms with Gasteiger partial charge in [-0.2, -0.15) is 0 Å². The van der Waals surface area contributed by atoms with E-state index < -0.39 is 0 Å². The lowest BCUT2D eigenvalue weighted by Gasteiger charge is -2.29. The SMILES string of the molecule is CNC(Cc1cn2ccsc2n1)C1CCOCC1. The zero-order chi connectivity index (χ0) is 12.4. The number of fused-ring (bicyclic) bond motifs is 1. The molecule has 1 aliphatic rings. The van der Waals surface area contributed by atoms with Crippen molar-refractivity contribution in [3.63, 3.8) is 0 Å². The van der Waals surface area contributed by atoms with Gasteiger partial charge in [0.15, 0.2) is 4.96 Å². The molecule has 0 bridgehead atoms. The number of aromatic nitrogens is 2. The summed E-state index contributed by atoms with van der Waals surface area (Å²) in [5.74, 6) is 0.712. The summed E-state index contributed by atoms with van der Waals surface area (Å²) in [4.78, 5) is 5.76. The van der Waals surface area contributed by atoms with E-state index >= 15 is 0 Å². The van der Waals surface area contributed by atoms with Gasteiger partial charge in [0.1, 0.15) is 0 Å². The van der Waals surface area contributed by atoms with Crippen molar-refractivity contribution < 1.29 is 4.74 Å². The molecule has 1 atom stereocenters. The van der Waals surface area contributed by atoms with Gasteiger partial charge in [-0.3, -0.25) is 4.40 Å². The molecule has 0 spiro atoms. The normalized spacial score (nSPS) is 19.4. The van der Waals surface area contributed by atoms with Crippen LogP contribution in [0, 0.1) is 5.92 Å². The third kappa shape index (κ3) is 2.43. The van der Waals surface area contributed by atoms with Crippen molar-refractivity contribution in [3.8, 4) is 0 Å². The topological polar surface area (TPSA) is 38.6 Å². The first kappa shape index (κ1) is 12.1. The highest BCUT2D eigenvalue weighted by Gasteiger charge is 2.23.